The Morgan fingerprint density at radius 3 is 2.52 bits per heavy atom. The molecule has 0 fully saturated rings. The van der Waals surface area contributed by atoms with Crippen molar-refractivity contribution in [3.63, 3.8) is 0 Å². The van der Waals surface area contributed by atoms with Gasteiger partial charge >= 0.3 is 0 Å². The maximum Gasteiger partial charge on any atom is 0.229 e. The highest BCUT2D eigenvalue weighted by atomic mass is 32.2. The molecular formula is C22H17N5O2S2. The summed E-state index contributed by atoms with van der Waals surface area (Å²) in [6, 6.07) is 23.7. The fourth-order valence-corrected chi connectivity index (χ4v) is 5.08. The molecule has 0 atom stereocenters. The Morgan fingerprint density at radius 1 is 0.935 bits per heavy atom. The van der Waals surface area contributed by atoms with Gasteiger partial charge in [0.15, 0.2) is 5.65 Å². The first-order valence-electron chi connectivity index (χ1n) is 9.43. The van der Waals surface area contributed by atoms with Crippen molar-refractivity contribution in [2.24, 2.45) is 0 Å². The van der Waals surface area contributed by atoms with Crippen LogP contribution in [-0.2, 0) is 9.84 Å². The van der Waals surface area contributed by atoms with Crippen molar-refractivity contribution in [1.29, 1.82) is 0 Å². The Labute approximate surface area is 183 Å². The molecule has 5 rings (SSSR count). The fourth-order valence-electron chi connectivity index (χ4n) is 3.36. The Balaban J connectivity index is 1.73. The van der Waals surface area contributed by atoms with Gasteiger partial charge in [0.1, 0.15) is 5.82 Å². The van der Waals surface area contributed by atoms with Crippen LogP contribution in [0, 0.1) is 0 Å². The topological polar surface area (TPSA) is 89.2 Å². The van der Waals surface area contributed by atoms with Gasteiger partial charge in [-0.3, -0.25) is 0 Å². The van der Waals surface area contributed by atoms with Crippen LogP contribution < -0.4 is 5.32 Å². The van der Waals surface area contributed by atoms with E-state index in [4.69, 9.17) is 0 Å². The van der Waals surface area contributed by atoms with E-state index in [0.29, 0.717) is 11.3 Å². The largest absolute Gasteiger partial charge is 0.340 e. The van der Waals surface area contributed by atoms with E-state index in [1.54, 1.807) is 30.0 Å². The predicted molar refractivity (Wildman–Crippen MR) is 122 cm³/mol. The van der Waals surface area contributed by atoms with Crippen molar-refractivity contribution in [1.82, 2.24) is 19.8 Å². The summed E-state index contributed by atoms with van der Waals surface area (Å²) >= 11 is 1.64. The van der Waals surface area contributed by atoms with Crippen LogP contribution >= 0.6 is 11.8 Å². The minimum absolute atomic E-state index is 0.148. The van der Waals surface area contributed by atoms with Gasteiger partial charge in [0.2, 0.25) is 14.9 Å². The number of fused-ring (bicyclic) bond motifs is 3. The van der Waals surface area contributed by atoms with E-state index >= 15 is 0 Å². The lowest BCUT2D eigenvalue weighted by molar-refractivity contribution is 0.592. The summed E-state index contributed by atoms with van der Waals surface area (Å²) in [5, 5.41) is 12.1. The van der Waals surface area contributed by atoms with Crippen molar-refractivity contribution >= 4 is 49.7 Å². The summed E-state index contributed by atoms with van der Waals surface area (Å²) in [5.74, 6) is 0.535. The standard InChI is InChI=1S/C22H17N5O2S2/c1-30-16-9-7-8-15(14-16)23-20-18-12-5-6-13-19(18)27-21(24-20)22(25-26-27)31(28,29)17-10-3-2-4-11-17/h2-14H,1H3,(H,23,24). The molecule has 2 heterocycles. The first-order valence-corrected chi connectivity index (χ1v) is 12.1. The minimum atomic E-state index is -3.88. The number of nitrogens with one attached hydrogen (secondary N) is 1. The highest BCUT2D eigenvalue weighted by Crippen LogP contribution is 2.30. The number of benzene rings is 3. The molecule has 0 aliphatic heterocycles. The van der Waals surface area contributed by atoms with Crippen LogP contribution in [-0.4, -0.2) is 34.5 Å². The fraction of sp³-hybridized carbons (Fsp3) is 0.0455. The molecule has 31 heavy (non-hydrogen) atoms. The van der Waals surface area contributed by atoms with E-state index in [9.17, 15) is 8.42 Å². The van der Waals surface area contributed by atoms with Gasteiger partial charge in [-0.1, -0.05) is 41.6 Å². The second-order valence-electron chi connectivity index (χ2n) is 6.78. The number of sulfone groups is 1. The summed E-state index contributed by atoms with van der Waals surface area (Å²) in [4.78, 5) is 5.90. The number of rotatable bonds is 5. The summed E-state index contributed by atoms with van der Waals surface area (Å²) in [6.45, 7) is 0. The normalized spacial score (nSPS) is 11.8. The third-order valence-electron chi connectivity index (χ3n) is 4.86. The summed E-state index contributed by atoms with van der Waals surface area (Å²) in [6.07, 6.45) is 2.01. The van der Waals surface area contributed by atoms with Crippen molar-refractivity contribution in [3.05, 3.63) is 78.9 Å². The van der Waals surface area contributed by atoms with Gasteiger partial charge in [-0.25, -0.2) is 13.4 Å². The maximum atomic E-state index is 13.2. The number of para-hydroxylation sites is 1. The van der Waals surface area contributed by atoms with Crippen LogP contribution in [0.2, 0.25) is 0 Å². The number of anilines is 2. The first-order chi connectivity index (χ1) is 15.1. The number of nitrogens with zero attached hydrogens (tertiary/aromatic N) is 4. The average Bonchev–Trinajstić information content (AvgIpc) is 3.25. The third-order valence-corrected chi connectivity index (χ3v) is 7.25. The molecule has 0 unspecified atom stereocenters. The molecular weight excluding hydrogens is 430 g/mol. The monoisotopic (exact) mass is 447 g/mol. The van der Waals surface area contributed by atoms with Crippen LogP contribution in [0.5, 0.6) is 0 Å². The zero-order chi connectivity index (χ0) is 21.4. The smallest absolute Gasteiger partial charge is 0.229 e. The van der Waals surface area contributed by atoms with Crippen molar-refractivity contribution < 1.29 is 8.42 Å². The van der Waals surface area contributed by atoms with Gasteiger partial charge in [-0.15, -0.1) is 16.9 Å². The van der Waals surface area contributed by atoms with E-state index in [0.717, 1.165) is 16.0 Å². The van der Waals surface area contributed by atoms with Crippen LogP contribution in [0.3, 0.4) is 0 Å². The lowest BCUT2D eigenvalue weighted by Gasteiger charge is -2.11. The van der Waals surface area contributed by atoms with Crippen LogP contribution in [0.4, 0.5) is 11.5 Å². The Bertz CT molecular complexity index is 1520. The van der Waals surface area contributed by atoms with Crippen LogP contribution in [0.25, 0.3) is 16.6 Å². The molecule has 9 heteroatoms. The van der Waals surface area contributed by atoms with E-state index in [2.05, 4.69) is 20.6 Å². The molecule has 7 nitrogen and oxygen atoms in total. The van der Waals surface area contributed by atoms with Gasteiger partial charge in [0.25, 0.3) is 0 Å². The Morgan fingerprint density at radius 2 is 1.71 bits per heavy atom. The van der Waals surface area contributed by atoms with E-state index in [1.165, 1.54) is 16.6 Å². The molecule has 0 bridgehead atoms. The summed E-state index contributed by atoms with van der Waals surface area (Å²) < 4.78 is 27.9. The van der Waals surface area contributed by atoms with Crippen molar-refractivity contribution in [2.45, 2.75) is 14.8 Å². The summed E-state index contributed by atoms with van der Waals surface area (Å²) in [5.41, 5.74) is 1.73. The van der Waals surface area contributed by atoms with E-state index in [1.807, 2.05) is 54.8 Å². The second-order valence-corrected chi connectivity index (χ2v) is 9.53. The second kappa shape index (κ2) is 7.68. The SMILES string of the molecule is CSc1cccc(Nc2nc3c(S(=O)(=O)c4ccccc4)nnn3c3ccccc23)c1. The Kier molecular flexibility index (Phi) is 4.84. The molecule has 1 N–H and O–H groups in total. The molecule has 3 aromatic carbocycles. The van der Waals surface area contributed by atoms with Gasteiger partial charge in [0.05, 0.1) is 10.4 Å². The number of hydrogen-bond acceptors (Lipinski definition) is 7. The maximum absolute atomic E-state index is 13.2. The highest BCUT2D eigenvalue weighted by molar-refractivity contribution is 7.98. The lowest BCUT2D eigenvalue weighted by atomic mass is 10.2. The summed E-state index contributed by atoms with van der Waals surface area (Å²) in [7, 11) is -3.88. The Hall–Kier alpha value is -3.43. The average molecular weight is 448 g/mol. The van der Waals surface area contributed by atoms with E-state index < -0.39 is 9.84 Å². The van der Waals surface area contributed by atoms with Crippen molar-refractivity contribution in [3.8, 4) is 0 Å². The molecule has 2 aromatic heterocycles. The van der Waals surface area contributed by atoms with Crippen LogP contribution in [0.1, 0.15) is 0 Å². The quantitative estimate of drug-likeness (QED) is 0.395. The van der Waals surface area contributed by atoms with Gasteiger partial charge in [-0.2, -0.15) is 4.52 Å². The van der Waals surface area contributed by atoms with Gasteiger partial charge in [-0.05, 0) is 48.7 Å². The minimum Gasteiger partial charge on any atom is -0.340 e. The number of hydrogen-bond donors (Lipinski definition) is 1. The predicted octanol–water partition coefficient (Wildman–Crippen LogP) is 4.58. The molecule has 0 aliphatic carbocycles. The molecule has 0 radical (unpaired) electrons. The number of thioether (sulfide) groups is 1. The van der Waals surface area contributed by atoms with Crippen molar-refractivity contribution in [2.75, 3.05) is 11.6 Å². The molecule has 154 valence electrons. The van der Waals surface area contributed by atoms with Crippen LogP contribution in [0.15, 0.2) is 93.7 Å². The zero-order valence-electron chi connectivity index (χ0n) is 16.4. The molecule has 0 amide bonds. The third kappa shape index (κ3) is 3.41. The molecule has 0 saturated carbocycles. The first kappa shape index (κ1) is 19.5. The molecule has 0 aliphatic rings. The lowest BCUT2D eigenvalue weighted by Crippen LogP contribution is -2.05. The van der Waals surface area contributed by atoms with Gasteiger partial charge < -0.3 is 5.32 Å². The molecule has 0 saturated heterocycles. The number of aromatic nitrogens is 4. The highest BCUT2D eigenvalue weighted by Gasteiger charge is 2.27. The zero-order valence-corrected chi connectivity index (χ0v) is 18.1. The molecule has 5 aromatic rings. The van der Waals surface area contributed by atoms with Gasteiger partial charge in [0, 0.05) is 16.0 Å². The van der Waals surface area contributed by atoms with E-state index in [-0.39, 0.29) is 15.6 Å². The molecule has 0 spiro atoms.